The summed E-state index contributed by atoms with van der Waals surface area (Å²) in [6, 6.07) is 4.29. The Morgan fingerprint density at radius 1 is 1.31 bits per heavy atom. The van der Waals surface area contributed by atoms with Gasteiger partial charge in [0.25, 0.3) is 0 Å². The third-order valence-electron chi connectivity index (χ3n) is 3.78. The molecule has 0 saturated heterocycles. The molecule has 2 rings (SSSR count). The molecule has 1 aromatic heterocycles. The molecule has 0 bridgehead atoms. The first-order valence-electron chi connectivity index (χ1n) is 6.14. The minimum absolute atomic E-state index is 0.531. The molecule has 1 saturated carbocycles. The Bertz CT molecular complexity index is 351. The molecular weight excluding hydrogens is 198 g/mol. The van der Waals surface area contributed by atoms with Gasteiger partial charge in [-0.1, -0.05) is 13.8 Å². The van der Waals surface area contributed by atoms with Gasteiger partial charge in [-0.2, -0.15) is 0 Å². The molecule has 1 aromatic rings. The van der Waals surface area contributed by atoms with Gasteiger partial charge in [0.15, 0.2) is 0 Å². The first-order valence-corrected chi connectivity index (χ1v) is 6.14. The van der Waals surface area contributed by atoms with Crippen LogP contribution in [0.5, 0.6) is 0 Å². The minimum Gasteiger partial charge on any atom is -0.396 e. The van der Waals surface area contributed by atoms with Crippen LogP contribution in [-0.2, 0) is 0 Å². The Hall–Kier alpha value is -1.25. The maximum absolute atomic E-state index is 5.87. The van der Waals surface area contributed by atoms with Crippen LogP contribution in [0.4, 0.5) is 11.5 Å². The van der Waals surface area contributed by atoms with Crippen molar-refractivity contribution < 1.29 is 0 Å². The summed E-state index contributed by atoms with van der Waals surface area (Å²) in [5, 5.41) is 3.46. The molecular formula is C13H21N3. The van der Waals surface area contributed by atoms with Crippen molar-refractivity contribution in [1.29, 1.82) is 0 Å². The lowest BCUT2D eigenvalue weighted by atomic mass is 9.79. The fourth-order valence-corrected chi connectivity index (χ4v) is 2.41. The summed E-state index contributed by atoms with van der Waals surface area (Å²) in [5.74, 6) is 2.48. The molecule has 0 amide bonds. The molecule has 3 heteroatoms. The van der Waals surface area contributed by atoms with E-state index in [0.29, 0.717) is 6.04 Å². The van der Waals surface area contributed by atoms with Crippen LogP contribution in [0.2, 0.25) is 0 Å². The van der Waals surface area contributed by atoms with Crippen LogP contribution in [0.1, 0.15) is 33.1 Å². The van der Waals surface area contributed by atoms with E-state index < -0.39 is 0 Å². The minimum atomic E-state index is 0.531. The van der Waals surface area contributed by atoms with Crippen LogP contribution in [0.25, 0.3) is 0 Å². The first kappa shape index (κ1) is 11.2. The van der Waals surface area contributed by atoms with Gasteiger partial charge in [0, 0.05) is 12.2 Å². The standard InChI is InChI=1S/C13H21N3/c1-9-5-6-11(8-10(9)2)16-13-12(14)4-3-7-15-13/h3-4,7,9-11H,5-6,8,14H2,1-2H3,(H,15,16). The highest BCUT2D eigenvalue weighted by atomic mass is 15.0. The SMILES string of the molecule is CC1CCC(Nc2ncccc2N)CC1C. The summed E-state index contributed by atoms with van der Waals surface area (Å²) in [5.41, 5.74) is 6.62. The van der Waals surface area contributed by atoms with Gasteiger partial charge < -0.3 is 11.1 Å². The Morgan fingerprint density at radius 2 is 2.12 bits per heavy atom. The number of aromatic nitrogens is 1. The summed E-state index contributed by atoms with van der Waals surface area (Å²) >= 11 is 0. The van der Waals surface area contributed by atoms with Gasteiger partial charge >= 0.3 is 0 Å². The second-order valence-electron chi connectivity index (χ2n) is 5.05. The molecule has 1 fully saturated rings. The van der Waals surface area contributed by atoms with Gasteiger partial charge in [-0.15, -0.1) is 0 Å². The van der Waals surface area contributed by atoms with Crippen LogP contribution in [0.3, 0.4) is 0 Å². The number of nitrogens with two attached hydrogens (primary N) is 1. The number of rotatable bonds is 2. The lowest BCUT2D eigenvalue weighted by Crippen LogP contribution is -2.30. The molecule has 3 nitrogen and oxygen atoms in total. The molecule has 0 spiro atoms. The number of nitrogen functional groups attached to an aromatic ring is 1. The highest BCUT2D eigenvalue weighted by Crippen LogP contribution is 2.31. The second-order valence-corrected chi connectivity index (χ2v) is 5.05. The quantitative estimate of drug-likeness (QED) is 0.804. The van der Waals surface area contributed by atoms with Gasteiger partial charge in [-0.25, -0.2) is 4.98 Å². The zero-order valence-electron chi connectivity index (χ0n) is 10.1. The first-order chi connectivity index (χ1) is 7.66. The summed E-state index contributed by atoms with van der Waals surface area (Å²) in [6.45, 7) is 4.68. The molecule has 1 heterocycles. The van der Waals surface area contributed by atoms with E-state index in [0.717, 1.165) is 23.3 Å². The molecule has 3 unspecified atom stereocenters. The van der Waals surface area contributed by atoms with E-state index in [2.05, 4.69) is 24.1 Å². The summed E-state index contributed by atoms with van der Waals surface area (Å²) in [4.78, 5) is 4.28. The number of hydrogen-bond donors (Lipinski definition) is 2. The maximum Gasteiger partial charge on any atom is 0.149 e. The zero-order chi connectivity index (χ0) is 11.5. The highest BCUT2D eigenvalue weighted by molar-refractivity contribution is 5.60. The van der Waals surface area contributed by atoms with Crippen molar-refractivity contribution >= 4 is 11.5 Å². The van der Waals surface area contributed by atoms with Crippen molar-refractivity contribution in [3.8, 4) is 0 Å². The number of anilines is 2. The van der Waals surface area contributed by atoms with Crippen LogP contribution in [0.15, 0.2) is 18.3 Å². The van der Waals surface area contributed by atoms with Gasteiger partial charge in [-0.05, 0) is 43.2 Å². The summed E-state index contributed by atoms with van der Waals surface area (Å²) in [6.07, 6.45) is 5.53. The van der Waals surface area contributed by atoms with Crippen LogP contribution in [-0.4, -0.2) is 11.0 Å². The van der Waals surface area contributed by atoms with Crippen LogP contribution in [0, 0.1) is 11.8 Å². The van der Waals surface area contributed by atoms with Crippen molar-refractivity contribution in [3.05, 3.63) is 18.3 Å². The topological polar surface area (TPSA) is 50.9 Å². The van der Waals surface area contributed by atoms with E-state index >= 15 is 0 Å². The molecule has 1 aliphatic rings. The predicted molar refractivity (Wildman–Crippen MR) is 68.2 cm³/mol. The van der Waals surface area contributed by atoms with Crippen molar-refractivity contribution in [1.82, 2.24) is 4.98 Å². The van der Waals surface area contributed by atoms with Gasteiger partial charge in [0.1, 0.15) is 5.82 Å². The molecule has 0 aromatic carbocycles. The molecule has 88 valence electrons. The Kier molecular flexibility index (Phi) is 3.32. The molecule has 0 radical (unpaired) electrons. The lowest BCUT2D eigenvalue weighted by Gasteiger charge is -2.32. The largest absolute Gasteiger partial charge is 0.396 e. The summed E-state index contributed by atoms with van der Waals surface area (Å²) < 4.78 is 0. The average molecular weight is 219 g/mol. The monoisotopic (exact) mass is 219 g/mol. The maximum atomic E-state index is 5.87. The molecule has 3 N–H and O–H groups in total. The highest BCUT2D eigenvalue weighted by Gasteiger charge is 2.24. The normalized spacial score (nSPS) is 30.0. The van der Waals surface area contributed by atoms with E-state index in [1.807, 2.05) is 12.1 Å². The number of hydrogen-bond acceptors (Lipinski definition) is 3. The third kappa shape index (κ3) is 2.46. The molecule has 1 aliphatic carbocycles. The van der Waals surface area contributed by atoms with Crippen molar-refractivity contribution in [2.75, 3.05) is 11.1 Å². The Labute approximate surface area is 97.5 Å². The number of pyridine rings is 1. The number of nitrogens with zero attached hydrogens (tertiary/aromatic N) is 1. The van der Waals surface area contributed by atoms with Crippen molar-refractivity contribution in [2.45, 2.75) is 39.2 Å². The van der Waals surface area contributed by atoms with Crippen LogP contribution >= 0.6 is 0 Å². The van der Waals surface area contributed by atoms with E-state index in [1.54, 1.807) is 6.20 Å². The van der Waals surface area contributed by atoms with Gasteiger partial charge in [-0.3, -0.25) is 0 Å². The molecule has 0 aliphatic heterocycles. The van der Waals surface area contributed by atoms with Crippen molar-refractivity contribution in [2.24, 2.45) is 11.8 Å². The fraction of sp³-hybridized carbons (Fsp3) is 0.615. The molecule has 3 atom stereocenters. The average Bonchev–Trinajstić information content (AvgIpc) is 2.27. The Morgan fingerprint density at radius 3 is 2.81 bits per heavy atom. The zero-order valence-corrected chi connectivity index (χ0v) is 10.1. The second kappa shape index (κ2) is 4.73. The van der Waals surface area contributed by atoms with E-state index in [9.17, 15) is 0 Å². The predicted octanol–water partition coefficient (Wildman–Crippen LogP) is 2.90. The van der Waals surface area contributed by atoms with E-state index in [1.165, 1.54) is 19.3 Å². The number of nitrogens with one attached hydrogen (secondary N) is 1. The van der Waals surface area contributed by atoms with Gasteiger partial charge in [0.05, 0.1) is 5.69 Å². The van der Waals surface area contributed by atoms with E-state index in [4.69, 9.17) is 5.73 Å². The third-order valence-corrected chi connectivity index (χ3v) is 3.78. The molecule has 16 heavy (non-hydrogen) atoms. The van der Waals surface area contributed by atoms with Gasteiger partial charge in [0.2, 0.25) is 0 Å². The smallest absolute Gasteiger partial charge is 0.149 e. The van der Waals surface area contributed by atoms with E-state index in [-0.39, 0.29) is 0 Å². The van der Waals surface area contributed by atoms with Crippen molar-refractivity contribution in [3.63, 3.8) is 0 Å². The fourth-order valence-electron chi connectivity index (χ4n) is 2.41. The lowest BCUT2D eigenvalue weighted by molar-refractivity contribution is 0.260. The summed E-state index contributed by atoms with van der Waals surface area (Å²) in [7, 11) is 0. The Balaban J connectivity index is 1.98. The van der Waals surface area contributed by atoms with Crippen LogP contribution < -0.4 is 11.1 Å².